The van der Waals surface area contributed by atoms with Gasteiger partial charge < -0.3 is 20.3 Å². The maximum absolute atomic E-state index is 5.70. The molecule has 1 aromatic heterocycles. The number of nitrogens with two attached hydrogens (primary N) is 1. The molecule has 1 atom stereocenters. The first-order valence-corrected chi connectivity index (χ1v) is 6.53. The van der Waals surface area contributed by atoms with E-state index in [4.69, 9.17) is 10.5 Å². The van der Waals surface area contributed by atoms with Gasteiger partial charge in [0.25, 0.3) is 0 Å². The van der Waals surface area contributed by atoms with Crippen LogP contribution >= 0.6 is 0 Å². The molecule has 1 heterocycles. The highest BCUT2D eigenvalue weighted by atomic mass is 16.5. The van der Waals surface area contributed by atoms with Crippen LogP contribution in [0.2, 0.25) is 0 Å². The van der Waals surface area contributed by atoms with E-state index in [1.165, 1.54) is 0 Å². The minimum Gasteiger partial charge on any atom is -0.464 e. The standard InChI is InChI=1S/C12H24N6O/c1-6-18(9(3)8-17(4)5)11-14-10(13)15-12(16-11)19-7-2/h9H,6-8H2,1-5H3,(H2,13,14,15,16). The van der Waals surface area contributed by atoms with E-state index in [9.17, 15) is 0 Å². The van der Waals surface area contributed by atoms with Gasteiger partial charge in [0.05, 0.1) is 6.61 Å². The van der Waals surface area contributed by atoms with Crippen LogP contribution < -0.4 is 15.4 Å². The fraction of sp³-hybridized carbons (Fsp3) is 0.750. The Morgan fingerprint density at radius 3 is 2.42 bits per heavy atom. The first kappa shape index (κ1) is 15.4. The molecule has 1 rings (SSSR count). The maximum Gasteiger partial charge on any atom is 0.323 e. The van der Waals surface area contributed by atoms with Gasteiger partial charge in [0, 0.05) is 19.1 Å². The number of rotatable bonds is 7. The molecule has 0 amide bonds. The smallest absolute Gasteiger partial charge is 0.323 e. The van der Waals surface area contributed by atoms with Crippen LogP contribution in [0.25, 0.3) is 0 Å². The van der Waals surface area contributed by atoms with Gasteiger partial charge in [0.2, 0.25) is 11.9 Å². The second-order valence-electron chi connectivity index (χ2n) is 4.61. The van der Waals surface area contributed by atoms with E-state index < -0.39 is 0 Å². The third-order valence-corrected chi connectivity index (χ3v) is 2.65. The second-order valence-corrected chi connectivity index (χ2v) is 4.61. The zero-order valence-corrected chi connectivity index (χ0v) is 12.4. The third-order valence-electron chi connectivity index (χ3n) is 2.65. The van der Waals surface area contributed by atoms with E-state index in [-0.39, 0.29) is 18.0 Å². The first-order valence-electron chi connectivity index (χ1n) is 6.53. The van der Waals surface area contributed by atoms with E-state index in [0.29, 0.717) is 12.6 Å². The molecule has 0 saturated heterocycles. The number of nitrogen functional groups attached to an aromatic ring is 1. The summed E-state index contributed by atoms with van der Waals surface area (Å²) in [7, 11) is 4.08. The van der Waals surface area contributed by atoms with Crippen LogP contribution in [0.4, 0.5) is 11.9 Å². The Morgan fingerprint density at radius 1 is 1.21 bits per heavy atom. The summed E-state index contributed by atoms with van der Waals surface area (Å²) in [6.45, 7) is 8.28. The van der Waals surface area contributed by atoms with Gasteiger partial charge in [-0.05, 0) is 34.9 Å². The van der Waals surface area contributed by atoms with E-state index in [1.54, 1.807) is 0 Å². The lowest BCUT2D eigenvalue weighted by atomic mass is 10.3. The number of ether oxygens (including phenoxy) is 1. The highest BCUT2D eigenvalue weighted by Crippen LogP contribution is 2.16. The zero-order valence-electron chi connectivity index (χ0n) is 12.4. The molecule has 108 valence electrons. The molecule has 0 aliphatic heterocycles. The summed E-state index contributed by atoms with van der Waals surface area (Å²) in [6, 6.07) is 0.553. The van der Waals surface area contributed by atoms with Gasteiger partial charge in [-0.25, -0.2) is 0 Å². The summed E-state index contributed by atoms with van der Waals surface area (Å²) in [5.41, 5.74) is 5.70. The van der Waals surface area contributed by atoms with E-state index in [1.807, 2.05) is 21.0 Å². The van der Waals surface area contributed by atoms with Crippen LogP contribution in [0.3, 0.4) is 0 Å². The van der Waals surface area contributed by atoms with Crippen LogP contribution in [0, 0.1) is 0 Å². The summed E-state index contributed by atoms with van der Waals surface area (Å²) in [5.74, 6) is 0.747. The van der Waals surface area contributed by atoms with Gasteiger partial charge in [-0.2, -0.15) is 15.0 Å². The van der Waals surface area contributed by atoms with E-state index in [2.05, 4.69) is 38.6 Å². The first-order chi connectivity index (χ1) is 8.97. The summed E-state index contributed by atoms with van der Waals surface area (Å²) in [4.78, 5) is 16.7. The van der Waals surface area contributed by atoms with Crippen molar-refractivity contribution in [1.29, 1.82) is 0 Å². The second kappa shape index (κ2) is 7.08. The van der Waals surface area contributed by atoms with Crippen LogP contribution in [0.5, 0.6) is 6.01 Å². The molecule has 2 N–H and O–H groups in total. The number of anilines is 2. The van der Waals surface area contributed by atoms with Crippen molar-refractivity contribution in [1.82, 2.24) is 19.9 Å². The Labute approximate surface area is 114 Å². The van der Waals surface area contributed by atoms with Crippen molar-refractivity contribution in [3.05, 3.63) is 0 Å². The highest BCUT2D eigenvalue weighted by Gasteiger charge is 2.18. The lowest BCUT2D eigenvalue weighted by molar-refractivity contribution is 0.311. The van der Waals surface area contributed by atoms with E-state index in [0.717, 1.165) is 13.1 Å². The Hall–Kier alpha value is -1.63. The number of aromatic nitrogens is 3. The van der Waals surface area contributed by atoms with Gasteiger partial charge in [0.15, 0.2) is 0 Å². The molecule has 7 heteroatoms. The molecule has 0 fully saturated rings. The molecule has 7 nitrogen and oxygen atoms in total. The quantitative estimate of drug-likeness (QED) is 0.776. The van der Waals surface area contributed by atoms with Crippen LogP contribution in [0.1, 0.15) is 20.8 Å². The minimum absolute atomic E-state index is 0.184. The van der Waals surface area contributed by atoms with Crippen LogP contribution in [0.15, 0.2) is 0 Å². The fourth-order valence-electron chi connectivity index (χ4n) is 1.96. The molecule has 0 aliphatic carbocycles. The Balaban J connectivity index is 2.96. The molecular weight excluding hydrogens is 244 g/mol. The van der Waals surface area contributed by atoms with Crippen molar-refractivity contribution in [2.24, 2.45) is 0 Å². The van der Waals surface area contributed by atoms with Gasteiger partial charge >= 0.3 is 6.01 Å². The predicted octanol–water partition coefficient (Wildman–Crippen LogP) is 0.629. The molecule has 19 heavy (non-hydrogen) atoms. The topological polar surface area (TPSA) is 80.4 Å². The molecule has 0 bridgehead atoms. The lowest BCUT2D eigenvalue weighted by Gasteiger charge is -2.30. The molecule has 0 aromatic carbocycles. The Morgan fingerprint density at radius 2 is 1.89 bits per heavy atom. The molecule has 1 aromatic rings. The maximum atomic E-state index is 5.70. The highest BCUT2D eigenvalue weighted by molar-refractivity contribution is 5.37. The predicted molar refractivity (Wildman–Crippen MR) is 76.4 cm³/mol. The Kier molecular flexibility index (Phi) is 5.75. The Bertz CT molecular complexity index is 398. The molecule has 0 aliphatic rings. The SMILES string of the molecule is CCOc1nc(N)nc(N(CC)C(C)CN(C)C)n1. The van der Waals surface area contributed by atoms with Crippen LogP contribution in [-0.2, 0) is 0 Å². The van der Waals surface area contributed by atoms with E-state index >= 15 is 0 Å². The van der Waals surface area contributed by atoms with Gasteiger partial charge in [0.1, 0.15) is 0 Å². The molecule has 0 saturated carbocycles. The largest absolute Gasteiger partial charge is 0.464 e. The lowest BCUT2D eigenvalue weighted by Crippen LogP contribution is -2.41. The summed E-state index contributed by atoms with van der Waals surface area (Å²) >= 11 is 0. The number of nitrogens with zero attached hydrogens (tertiary/aromatic N) is 5. The van der Waals surface area contributed by atoms with Crippen molar-refractivity contribution in [3.63, 3.8) is 0 Å². The number of hydrogen-bond acceptors (Lipinski definition) is 7. The van der Waals surface area contributed by atoms with Crippen molar-refractivity contribution in [2.75, 3.05) is 44.4 Å². The molecule has 0 spiro atoms. The normalized spacial score (nSPS) is 12.5. The van der Waals surface area contributed by atoms with Crippen molar-refractivity contribution >= 4 is 11.9 Å². The number of hydrogen-bond donors (Lipinski definition) is 1. The summed E-state index contributed by atoms with van der Waals surface area (Å²) in [5, 5.41) is 0. The molecule has 1 unspecified atom stereocenters. The molecular formula is C12H24N6O. The monoisotopic (exact) mass is 268 g/mol. The average molecular weight is 268 g/mol. The zero-order chi connectivity index (χ0) is 14.4. The average Bonchev–Trinajstić information content (AvgIpc) is 2.28. The summed E-state index contributed by atoms with van der Waals surface area (Å²) < 4.78 is 5.30. The molecule has 0 radical (unpaired) electrons. The van der Waals surface area contributed by atoms with Crippen molar-refractivity contribution in [3.8, 4) is 6.01 Å². The van der Waals surface area contributed by atoms with Crippen molar-refractivity contribution in [2.45, 2.75) is 26.8 Å². The van der Waals surface area contributed by atoms with Crippen molar-refractivity contribution < 1.29 is 4.74 Å². The minimum atomic E-state index is 0.184. The van der Waals surface area contributed by atoms with Gasteiger partial charge in [-0.1, -0.05) is 0 Å². The number of likely N-dealkylation sites (N-methyl/N-ethyl adjacent to an activating group) is 2. The van der Waals surface area contributed by atoms with Gasteiger partial charge in [-0.15, -0.1) is 0 Å². The third kappa shape index (κ3) is 4.51. The van der Waals surface area contributed by atoms with Gasteiger partial charge in [-0.3, -0.25) is 0 Å². The van der Waals surface area contributed by atoms with Crippen LogP contribution in [-0.4, -0.2) is 59.7 Å². The fourth-order valence-corrected chi connectivity index (χ4v) is 1.96. The summed E-state index contributed by atoms with van der Waals surface area (Å²) in [6.07, 6.45) is 0.